The molecular formula is C9H10B2O2Y2-4. The van der Waals surface area contributed by atoms with Gasteiger partial charge in [-0.2, -0.15) is 0 Å². The predicted octanol–water partition coefficient (Wildman–Crippen LogP) is 0.596. The van der Waals surface area contributed by atoms with Gasteiger partial charge >= 0.3 is 0 Å². The average Bonchev–Trinajstić information content (AvgIpc) is 2.07. The maximum absolute atomic E-state index is 9.16. The Balaban J connectivity index is -0.0000000322. The molecule has 0 spiro atoms. The van der Waals surface area contributed by atoms with Crippen LogP contribution in [0.2, 0.25) is 0 Å². The van der Waals surface area contributed by atoms with Crippen molar-refractivity contribution in [3.05, 3.63) is 38.0 Å². The van der Waals surface area contributed by atoms with Gasteiger partial charge in [-0.25, -0.2) is 24.1 Å². The van der Waals surface area contributed by atoms with E-state index in [1.165, 1.54) is 12.6 Å². The van der Waals surface area contributed by atoms with Gasteiger partial charge in [0.15, 0.2) is 0 Å². The summed E-state index contributed by atoms with van der Waals surface area (Å²) in [7, 11) is 9.35. The van der Waals surface area contributed by atoms with Crippen LogP contribution in [0.4, 0.5) is 0 Å². The summed E-state index contributed by atoms with van der Waals surface area (Å²) in [4.78, 5) is 18.3. The van der Waals surface area contributed by atoms with Gasteiger partial charge in [-0.15, -0.1) is 0 Å². The van der Waals surface area contributed by atoms with Crippen molar-refractivity contribution in [3.8, 4) is 0 Å². The monoisotopic (exact) mass is 350 g/mol. The van der Waals surface area contributed by atoms with Gasteiger partial charge in [-0.05, 0) is 12.6 Å². The molecule has 0 aromatic rings. The molecule has 74 valence electrons. The third-order valence-corrected chi connectivity index (χ3v) is 0.262. The molecule has 0 aliphatic carbocycles. The van der Waals surface area contributed by atoms with E-state index < -0.39 is 0 Å². The van der Waals surface area contributed by atoms with Crippen LogP contribution in [0.3, 0.4) is 0 Å². The normalized spacial score (nSPS) is 5.47. The molecule has 6 heteroatoms. The Morgan fingerprint density at radius 2 is 1.07 bits per heavy atom. The van der Waals surface area contributed by atoms with Gasteiger partial charge in [0.2, 0.25) is 0 Å². The minimum absolute atomic E-state index is 0. The zero-order valence-electron chi connectivity index (χ0n) is 8.66. The Kier molecular flexibility index (Phi) is 58.5. The SMILES string of the molecule is [B]C(=C)[C-]=O.[B]C(=C)[C-]=O.[CH2-]C[CH2-].[Y].[Y]. The molecule has 0 bridgehead atoms. The van der Waals surface area contributed by atoms with E-state index >= 15 is 0 Å². The summed E-state index contributed by atoms with van der Waals surface area (Å²) in [6, 6.07) is 0. The summed E-state index contributed by atoms with van der Waals surface area (Å²) in [6.07, 6.45) is 3.47. The van der Waals surface area contributed by atoms with Gasteiger partial charge in [0.05, 0.1) is 15.7 Å². The van der Waals surface area contributed by atoms with Crippen LogP contribution in [0.5, 0.6) is 0 Å². The first-order valence-corrected chi connectivity index (χ1v) is 3.19. The van der Waals surface area contributed by atoms with Crippen molar-refractivity contribution < 1.29 is 75.0 Å². The minimum atomic E-state index is -0.0509. The molecule has 0 aromatic carbocycles. The van der Waals surface area contributed by atoms with Crippen LogP contribution in [0.1, 0.15) is 6.42 Å². The quantitative estimate of drug-likeness (QED) is 0.416. The zero-order valence-corrected chi connectivity index (χ0v) is 14.3. The smallest absolute Gasteiger partial charge is 0.0664 e. The Morgan fingerprint density at radius 3 is 1.07 bits per heavy atom. The fourth-order valence-electron chi connectivity index (χ4n) is 0. The van der Waals surface area contributed by atoms with E-state index in [0.29, 0.717) is 0 Å². The van der Waals surface area contributed by atoms with Crippen LogP contribution in [-0.4, -0.2) is 28.3 Å². The number of rotatable bonds is 2. The molecule has 0 amide bonds. The number of carbonyl (C=O) groups excluding carboxylic acids is 2. The number of hydrogen-bond acceptors (Lipinski definition) is 2. The molecule has 2 nitrogen and oxygen atoms in total. The van der Waals surface area contributed by atoms with Crippen LogP contribution < -0.4 is 0 Å². The van der Waals surface area contributed by atoms with Crippen molar-refractivity contribution in [2.45, 2.75) is 6.42 Å². The van der Waals surface area contributed by atoms with E-state index in [0.717, 1.165) is 6.42 Å². The van der Waals surface area contributed by atoms with Crippen LogP contribution in [0.25, 0.3) is 0 Å². The summed E-state index contributed by atoms with van der Waals surface area (Å²) >= 11 is 0. The second kappa shape index (κ2) is 29.4. The average molecular weight is 350 g/mol. The van der Waals surface area contributed by atoms with Crippen LogP contribution in [0, 0.1) is 13.8 Å². The van der Waals surface area contributed by atoms with Crippen molar-refractivity contribution in [1.82, 2.24) is 0 Å². The Labute approximate surface area is 146 Å². The van der Waals surface area contributed by atoms with E-state index in [4.69, 9.17) is 9.59 Å². The molecule has 0 unspecified atom stereocenters. The molecule has 6 radical (unpaired) electrons. The molecule has 0 atom stereocenters. The van der Waals surface area contributed by atoms with Gasteiger partial charge in [0.1, 0.15) is 0 Å². The molecule has 15 heavy (non-hydrogen) atoms. The summed E-state index contributed by atoms with van der Waals surface area (Å²) in [5.74, 6) is 0. The molecule has 0 aliphatic rings. The first-order chi connectivity index (χ1) is 5.95. The molecular weight excluding hydrogens is 340 g/mol. The van der Waals surface area contributed by atoms with Crippen molar-refractivity contribution in [2.24, 2.45) is 0 Å². The summed E-state index contributed by atoms with van der Waals surface area (Å²) in [6.45, 7) is 12.8. The maximum atomic E-state index is 9.16. The van der Waals surface area contributed by atoms with Gasteiger partial charge in [-0.1, -0.05) is 0 Å². The van der Waals surface area contributed by atoms with E-state index in [2.05, 4.69) is 42.7 Å². The van der Waals surface area contributed by atoms with Crippen LogP contribution >= 0.6 is 0 Å². The summed E-state index contributed by atoms with van der Waals surface area (Å²) < 4.78 is 0. The molecule has 0 saturated carbocycles. The number of allylic oxidation sites excluding steroid dienone is 2. The Morgan fingerprint density at radius 1 is 1.00 bits per heavy atom. The minimum Gasteiger partial charge on any atom is -0.419 e. The van der Waals surface area contributed by atoms with Gasteiger partial charge < -0.3 is 29.9 Å². The molecule has 0 N–H and O–H groups in total. The third kappa shape index (κ3) is 98.6. The second-order valence-corrected chi connectivity index (χ2v) is 1.61. The van der Waals surface area contributed by atoms with E-state index in [1.54, 1.807) is 0 Å². The van der Waals surface area contributed by atoms with Crippen LogP contribution in [0.15, 0.2) is 24.1 Å². The molecule has 0 fully saturated rings. The van der Waals surface area contributed by atoms with Crippen molar-refractivity contribution in [2.75, 3.05) is 0 Å². The molecule has 0 saturated heterocycles. The fraction of sp³-hybridized carbons (Fsp3) is 0.111. The van der Waals surface area contributed by atoms with Crippen molar-refractivity contribution in [3.63, 3.8) is 0 Å². The first kappa shape index (κ1) is 29.8. The molecule has 0 aromatic heterocycles. The second-order valence-electron chi connectivity index (χ2n) is 1.61. The van der Waals surface area contributed by atoms with Crippen molar-refractivity contribution in [1.29, 1.82) is 0 Å². The number of hydrogen-bond donors (Lipinski definition) is 0. The Hall–Kier alpha value is 1.16. The third-order valence-electron chi connectivity index (χ3n) is 0.262. The maximum Gasteiger partial charge on any atom is 0.0664 e. The molecule has 0 aliphatic heterocycles. The van der Waals surface area contributed by atoms with Gasteiger partial charge in [0.25, 0.3) is 0 Å². The van der Waals surface area contributed by atoms with Crippen molar-refractivity contribution >= 4 is 28.3 Å². The van der Waals surface area contributed by atoms with E-state index in [-0.39, 0.29) is 76.4 Å². The molecule has 0 rings (SSSR count). The summed E-state index contributed by atoms with van der Waals surface area (Å²) in [5.41, 5.74) is -0.102. The summed E-state index contributed by atoms with van der Waals surface area (Å²) in [5, 5.41) is 0. The van der Waals surface area contributed by atoms with E-state index in [1.807, 2.05) is 0 Å². The largest absolute Gasteiger partial charge is 0.419 e. The first-order valence-electron chi connectivity index (χ1n) is 3.19. The zero-order chi connectivity index (χ0) is 11.3. The van der Waals surface area contributed by atoms with Gasteiger partial charge in [0, 0.05) is 65.4 Å². The van der Waals surface area contributed by atoms with Crippen LogP contribution in [-0.2, 0) is 75.0 Å². The topological polar surface area (TPSA) is 34.1 Å². The Bertz CT molecular complexity index is 155. The predicted molar refractivity (Wildman–Crippen MR) is 56.5 cm³/mol. The van der Waals surface area contributed by atoms with E-state index in [9.17, 15) is 0 Å². The molecule has 0 heterocycles. The fourth-order valence-corrected chi connectivity index (χ4v) is 0. The standard InChI is InChI=1S/2C3H2BO.C3H6.2Y/c2*1-3(4)2-5;1-3-2;;/h2*1H2;1-3H2;;/q2*-1;-2;;. The van der Waals surface area contributed by atoms with Gasteiger partial charge in [-0.3, -0.25) is 0 Å².